The van der Waals surface area contributed by atoms with Gasteiger partial charge in [-0.3, -0.25) is 14.6 Å². The summed E-state index contributed by atoms with van der Waals surface area (Å²) in [5.74, 6) is -1.67. The molecule has 1 saturated carbocycles. The first kappa shape index (κ1) is 27.8. The molecule has 1 aliphatic heterocycles. The molecule has 1 unspecified atom stereocenters. The summed E-state index contributed by atoms with van der Waals surface area (Å²) >= 11 is 12.3. The van der Waals surface area contributed by atoms with Crippen LogP contribution in [0.4, 0.5) is 0 Å². The van der Waals surface area contributed by atoms with Crippen molar-refractivity contribution in [2.24, 2.45) is 17.3 Å². The minimum Gasteiger partial charge on any atom is -0.481 e. The van der Waals surface area contributed by atoms with E-state index in [2.05, 4.69) is 15.0 Å². The van der Waals surface area contributed by atoms with Gasteiger partial charge in [-0.05, 0) is 66.8 Å². The number of benzene rings is 1. The van der Waals surface area contributed by atoms with Gasteiger partial charge in [-0.25, -0.2) is 13.1 Å². The van der Waals surface area contributed by atoms with E-state index >= 15 is 0 Å². The van der Waals surface area contributed by atoms with Crippen LogP contribution in [-0.2, 0) is 19.6 Å². The maximum absolute atomic E-state index is 13.1. The van der Waals surface area contributed by atoms with Crippen molar-refractivity contribution < 1.29 is 23.1 Å². The highest BCUT2D eigenvalue weighted by Crippen LogP contribution is 2.46. The average molecular weight is 569 g/mol. The molecule has 200 valence electrons. The van der Waals surface area contributed by atoms with Crippen LogP contribution >= 0.6 is 23.2 Å². The van der Waals surface area contributed by atoms with Crippen molar-refractivity contribution in [2.45, 2.75) is 63.3 Å². The third kappa shape index (κ3) is 6.63. The number of carbonyl (C=O) groups excluding carboxylic acids is 1. The van der Waals surface area contributed by atoms with Crippen molar-refractivity contribution in [2.75, 3.05) is 0 Å². The second kappa shape index (κ2) is 10.9. The summed E-state index contributed by atoms with van der Waals surface area (Å²) in [5.41, 5.74) is 0.403. The lowest BCUT2D eigenvalue weighted by Crippen LogP contribution is -2.52. The van der Waals surface area contributed by atoms with Crippen LogP contribution in [-0.4, -0.2) is 35.6 Å². The van der Waals surface area contributed by atoms with Crippen LogP contribution in [0.15, 0.2) is 42.7 Å². The minimum atomic E-state index is -3.52. The summed E-state index contributed by atoms with van der Waals surface area (Å²) < 4.78 is 28.7. The smallest absolute Gasteiger partial charge is 0.304 e. The highest BCUT2D eigenvalue weighted by atomic mass is 35.5. The van der Waals surface area contributed by atoms with Crippen molar-refractivity contribution in [3.8, 4) is 0 Å². The number of pyridine rings is 1. The predicted molar refractivity (Wildman–Crippen MR) is 142 cm³/mol. The van der Waals surface area contributed by atoms with E-state index in [-0.39, 0.29) is 30.2 Å². The Morgan fingerprint density at radius 1 is 1.22 bits per heavy atom. The van der Waals surface area contributed by atoms with Crippen molar-refractivity contribution in [1.29, 1.82) is 0 Å². The first-order chi connectivity index (χ1) is 17.4. The van der Waals surface area contributed by atoms with E-state index < -0.39 is 32.7 Å². The van der Waals surface area contributed by atoms with Crippen molar-refractivity contribution in [3.05, 3.63) is 63.9 Å². The molecule has 2 heterocycles. The number of rotatable bonds is 10. The van der Waals surface area contributed by atoms with Gasteiger partial charge in [0.2, 0.25) is 15.9 Å². The number of aliphatic carboxylic acids is 1. The summed E-state index contributed by atoms with van der Waals surface area (Å²) in [6.45, 7) is 3.67. The highest BCUT2D eigenvalue weighted by Gasteiger charge is 2.48. The van der Waals surface area contributed by atoms with Crippen LogP contribution in [0.3, 0.4) is 0 Å². The molecular weight excluding hydrogens is 537 g/mol. The summed E-state index contributed by atoms with van der Waals surface area (Å²) in [6.07, 6.45) is 4.79. The molecular formula is C26H31Cl2N3O5S. The number of carboxylic acid groups (broad SMARTS) is 1. The van der Waals surface area contributed by atoms with Crippen LogP contribution in [0, 0.1) is 17.3 Å². The Labute approximate surface area is 227 Å². The number of aromatic nitrogens is 1. The monoisotopic (exact) mass is 567 g/mol. The lowest BCUT2D eigenvalue weighted by Gasteiger charge is -2.45. The molecule has 2 fully saturated rings. The Morgan fingerprint density at radius 3 is 2.49 bits per heavy atom. The standard InChI is InChI=1S/C26H31Cl2N3O5S/c1-15(9-22(17-10-19(28)14-29-13-17)31-37(35,36)20-7-8-20)21-11-26(2,12-23(32)33)25(34)30-24(21)16-3-5-18(27)6-4-16/h3-6,10,13-15,20-22,24,31H,7-9,11-12H2,1-2H3,(H,30,34)(H,32,33)/t15?,21-,22+,24-,26+/m1/s1. The fraction of sp³-hybridized carbons (Fsp3) is 0.500. The number of hydrogen-bond acceptors (Lipinski definition) is 5. The largest absolute Gasteiger partial charge is 0.481 e. The van der Waals surface area contributed by atoms with E-state index in [9.17, 15) is 23.1 Å². The van der Waals surface area contributed by atoms with E-state index in [4.69, 9.17) is 23.2 Å². The second-order valence-electron chi connectivity index (χ2n) is 10.6. The van der Waals surface area contributed by atoms with Gasteiger partial charge in [0.15, 0.2) is 0 Å². The normalized spacial score (nSPS) is 25.8. The van der Waals surface area contributed by atoms with Gasteiger partial charge in [0.25, 0.3) is 0 Å². The SMILES string of the molecule is CC(C[C@H](NS(=O)(=O)C1CC1)c1cncc(Cl)c1)[C@H]1C[C@@](C)(CC(=O)O)C(=O)N[C@@H]1c1ccc(Cl)cc1. The number of piperidine rings is 1. The molecule has 8 nitrogen and oxygen atoms in total. The van der Waals surface area contributed by atoms with Gasteiger partial charge in [0.1, 0.15) is 0 Å². The zero-order valence-corrected chi connectivity index (χ0v) is 23.0. The Morgan fingerprint density at radius 2 is 1.89 bits per heavy atom. The molecule has 1 aromatic heterocycles. The third-order valence-corrected chi connectivity index (χ3v) is 9.88. The van der Waals surface area contributed by atoms with E-state index in [0.717, 1.165) is 5.56 Å². The highest BCUT2D eigenvalue weighted by molar-refractivity contribution is 7.90. The molecule has 1 aromatic carbocycles. The third-order valence-electron chi connectivity index (χ3n) is 7.46. The molecule has 2 aromatic rings. The van der Waals surface area contributed by atoms with Gasteiger partial charge in [-0.1, -0.05) is 49.2 Å². The molecule has 3 N–H and O–H groups in total. The quantitative estimate of drug-likeness (QED) is 0.375. The van der Waals surface area contributed by atoms with Gasteiger partial charge in [-0.15, -0.1) is 0 Å². The van der Waals surface area contributed by atoms with Gasteiger partial charge in [0, 0.05) is 23.5 Å². The molecule has 1 amide bonds. The zero-order chi connectivity index (χ0) is 27.0. The average Bonchev–Trinajstić information content (AvgIpc) is 3.66. The fourth-order valence-electron chi connectivity index (χ4n) is 5.26. The molecule has 1 aliphatic carbocycles. The molecule has 5 atom stereocenters. The van der Waals surface area contributed by atoms with Gasteiger partial charge in [0.05, 0.1) is 28.2 Å². The Balaban J connectivity index is 1.67. The maximum atomic E-state index is 13.1. The number of carbonyl (C=O) groups is 2. The maximum Gasteiger partial charge on any atom is 0.304 e. The van der Waals surface area contributed by atoms with Crippen LogP contribution in [0.1, 0.15) is 69.2 Å². The molecule has 11 heteroatoms. The Bertz CT molecular complexity index is 1270. The van der Waals surface area contributed by atoms with E-state index in [1.165, 1.54) is 6.20 Å². The molecule has 4 rings (SSSR count). The lowest BCUT2D eigenvalue weighted by atomic mass is 9.66. The molecule has 0 bridgehead atoms. The van der Waals surface area contributed by atoms with E-state index in [1.807, 2.05) is 19.1 Å². The minimum absolute atomic E-state index is 0.125. The number of nitrogens with zero attached hydrogens (tertiary/aromatic N) is 1. The number of hydrogen-bond donors (Lipinski definition) is 3. The van der Waals surface area contributed by atoms with Crippen LogP contribution in [0.5, 0.6) is 0 Å². The van der Waals surface area contributed by atoms with Crippen LogP contribution in [0.2, 0.25) is 10.0 Å². The summed E-state index contributed by atoms with van der Waals surface area (Å²) in [4.78, 5) is 28.9. The van der Waals surface area contributed by atoms with Crippen molar-refractivity contribution in [1.82, 2.24) is 15.0 Å². The summed E-state index contributed by atoms with van der Waals surface area (Å²) in [5, 5.41) is 13.1. The topological polar surface area (TPSA) is 125 Å². The first-order valence-corrected chi connectivity index (χ1v) is 14.6. The first-order valence-electron chi connectivity index (χ1n) is 12.3. The lowest BCUT2D eigenvalue weighted by molar-refractivity contribution is -0.149. The number of nitrogens with one attached hydrogen (secondary N) is 2. The molecule has 0 spiro atoms. The van der Waals surface area contributed by atoms with Crippen LogP contribution < -0.4 is 10.0 Å². The molecule has 2 aliphatic rings. The van der Waals surface area contributed by atoms with Crippen LogP contribution in [0.25, 0.3) is 0 Å². The summed E-state index contributed by atoms with van der Waals surface area (Å²) in [6, 6.07) is 7.93. The Hall–Kier alpha value is -2.20. The number of amides is 1. The fourth-order valence-corrected chi connectivity index (χ4v) is 7.15. The van der Waals surface area contributed by atoms with E-state index in [0.29, 0.717) is 41.3 Å². The van der Waals surface area contributed by atoms with E-state index in [1.54, 1.807) is 31.3 Å². The van der Waals surface area contributed by atoms with Gasteiger partial charge >= 0.3 is 5.97 Å². The summed E-state index contributed by atoms with van der Waals surface area (Å²) in [7, 11) is -3.52. The number of halogens is 2. The molecule has 37 heavy (non-hydrogen) atoms. The van der Waals surface area contributed by atoms with Gasteiger partial charge < -0.3 is 10.4 Å². The van der Waals surface area contributed by atoms with Crippen molar-refractivity contribution >= 4 is 45.1 Å². The second-order valence-corrected chi connectivity index (χ2v) is 13.4. The number of sulfonamides is 1. The Kier molecular flexibility index (Phi) is 8.19. The molecule has 0 radical (unpaired) electrons. The van der Waals surface area contributed by atoms with Crippen molar-refractivity contribution in [3.63, 3.8) is 0 Å². The predicted octanol–water partition coefficient (Wildman–Crippen LogP) is 4.90. The molecule has 1 saturated heterocycles. The zero-order valence-electron chi connectivity index (χ0n) is 20.7. The van der Waals surface area contributed by atoms with Gasteiger partial charge in [-0.2, -0.15) is 0 Å². The number of carboxylic acids is 1.